The van der Waals surface area contributed by atoms with Crippen LogP contribution in [-0.4, -0.2) is 11.7 Å². The van der Waals surface area contributed by atoms with E-state index in [2.05, 4.69) is 13.2 Å². The fraction of sp³-hybridized carbons (Fsp3) is 0.143. The molecule has 0 aromatic heterocycles. The maximum atomic E-state index is 8.47. The molecule has 0 radical (unpaired) electrons. The Hall–Kier alpha value is -0.820. The fourth-order valence-electron chi connectivity index (χ4n) is 0.337. The largest absolute Gasteiger partial charge is 0.392 e. The molecule has 0 heterocycles. The summed E-state index contributed by atoms with van der Waals surface area (Å²) in [7, 11) is 0. The van der Waals surface area contributed by atoms with Crippen molar-refractivity contribution in [2.75, 3.05) is 6.61 Å². The second kappa shape index (κ2) is 4.34. The Balaban J connectivity index is 3.84. The lowest BCUT2D eigenvalue weighted by molar-refractivity contribution is 0.335. The van der Waals surface area contributed by atoms with Crippen molar-refractivity contribution in [1.82, 2.24) is 0 Å². The summed E-state index contributed by atoms with van der Waals surface area (Å²) in [5, 5.41) is 8.47. The minimum atomic E-state index is 0.0372. The molecule has 1 nitrogen and oxygen atoms in total. The third-order valence-electron chi connectivity index (χ3n) is 0.777. The molecule has 1 N–H and O–H groups in total. The molecule has 0 aromatic carbocycles. The van der Waals surface area contributed by atoms with Gasteiger partial charge in [-0.3, -0.25) is 0 Å². The number of allylic oxidation sites excluding steroid dienone is 2. The second-order valence-corrected chi connectivity index (χ2v) is 1.34. The predicted octanol–water partition coefficient (Wildman–Crippen LogP) is 1.28. The van der Waals surface area contributed by atoms with E-state index in [-0.39, 0.29) is 6.61 Å². The SMILES string of the molecule is C=C/C=C(\C=C)CO. The maximum absolute atomic E-state index is 8.47. The van der Waals surface area contributed by atoms with Crippen LogP contribution >= 0.6 is 0 Å². The number of hydrogen-bond acceptors (Lipinski definition) is 1. The summed E-state index contributed by atoms with van der Waals surface area (Å²) >= 11 is 0. The van der Waals surface area contributed by atoms with E-state index in [1.807, 2.05) is 0 Å². The highest BCUT2D eigenvalue weighted by Gasteiger charge is 1.80. The van der Waals surface area contributed by atoms with Crippen LogP contribution in [0.3, 0.4) is 0 Å². The first-order valence-electron chi connectivity index (χ1n) is 2.40. The first-order valence-corrected chi connectivity index (χ1v) is 2.40. The fourth-order valence-corrected chi connectivity index (χ4v) is 0.337. The van der Waals surface area contributed by atoms with Crippen LogP contribution in [-0.2, 0) is 0 Å². The Kier molecular flexibility index (Phi) is 3.90. The minimum Gasteiger partial charge on any atom is -0.392 e. The Labute approximate surface area is 49.7 Å². The average molecular weight is 110 g/mol. The molecule has 0 aliphatic heterocycles. The molecule has 1 heteroatoms. The molecule has 0 rings (SSSR count). The van der Waals surface area contributed by atoms with Crippen LogP contribution in [0, 0.1) is 0 Å². The molecule has 0 bridgehead atoms. The van der Waals surface area contributed by atoms with Gasteiger partial charge in [-0.25, -0.2) is 0 Å². The van der Waals surface area contributed by atoms with Crippen LogP contribution in [0.4, 0.5) is 0 Å². The van der Waals surface area contributed by atoms with Crippen LogP contribution in [0.2, 0.25) is 0 Å². The first kappa shape index (κ1) is 7.18. The first-order chi connectivity index (χ1) is 3.85. The molecule has 0 saturated heterocycles. The highest BCUT2D eigenvalue weighted by atomic mass is 16.3. The molecule has 0 fully saturated rings. The van der Waals surface area contributed by atoms with Crippen molar-refractivity contribution in [1.29, 1.82) is 0 Å². The van der Waals surface area contributed by atoms with Gasteiger partial charge in [-0.1, -0.05) is 31.4 Å². The normalized spacial score (nSPS) is 10.9. The van der Waals surface area contributed by atoms with Crippen LogP contribution in [0.1, 0.15) is 0 Å². The van der Waals surface area contributed by atoms with Crippen molar-refractivity contribution in [3.8, 4) is 0 Å². The number of aliphatic hydroxyl groups is 1. The van der Waals surface area contributed by atoms with Crippen molar-refractivity contribution in [3.63, 3.8) is 0 Å². The molecule has 0 aliphatic carbocycles. The summed E-state index contributed by atoms with van der Waals surface area (Å²) in [6, 6.07) is 0. The van der Waals surface area contributed by atoms with E-state index in [0.717, 1.165) is 5.57 Å². The molecule has 0 saturated carbocycles. The quantitative estimate of drug-likeness (QED) is 0.542. The van der Waals surface area contributed by atoms with Crippen LogP contribution in [0.25, 0.3) is 0 Å². The van der Waals surface area contributed by atoms with Crippen molar-refractivity contribution in [2.45, 2.75) is 0 Å². The van der Waals surface area contributed by atoms with E-state index >= 15 is 0 Å². The lowest BCUT2D eigenvalue weighted by Gasteiger charge is -1.88. The summed E-state index contributed by atoms with van der Waals surface area (Å²) in [6.07, 6.45) is 4.93. The molecule has 0 aromatic rings. The summed E-state index contributed by atoms with van der Waals surface area (Å²) in [4.78, 5) is 0. The van der Waals surface area contributed by atoms with E-state index in [9.17, 15) is 0 Å². The van der Waals surface area contributed by atoms with E-state index in [0.29, 0.717) is 0 Å². The van der Waals surface area contributed by atoms with Gasteiger partial charge in [0.2, 0.25) is 0 Å². The van der Waals surface area contributed by atoms with E-state index < -0.39 is 0 Å². The minimum absolute atomic E-state index is 0.0372. The topological polar surface area (TPSA) is 20.2 Å². The highest BCUT2D eigenvalue weighted by molar-refractivity contribution is 5.20. The van der Waals surface area contributed by atoms with Crippen molar-refractivity contribution >= 4 is 0 Å². The van der Waals surface area contributed by atoms with Gasteiger partial charge in [0.05, 0.1) is 6.61 Å². The molecular formula is C7H10O. The Morgan fingerprint density at radius 2 is 2.12 bits per heavy atom. The maximum Gasteiger partial charge on any atom is 0.0681 e. The number of aliphatic hydroxyl groups excluding tert-OH is 1. The number of rotatable bonds is 3. The zero-order valence-electron chi connectivity index (χ0n) is 4.80. The van der Waals surface area contributed by atoms with Gasteiger partial charge < -0.3 is 5.11 Å². The molecule has 0 aliphatic rings. The molecular weight excluding hydrogens is 100 g/mol. The van der Waals surface area contributed by atoms with Gasteiger partial charge in [0.1, 0.15) is 0 Å². The van der Waals surface area contributed by atoms with Crippen LogP contribution in [0.5, 0.6) is 0 Å². The zero-order chi connectivity index (χ0) is 6.41. The summed E-state index contributed by atoms with van der Waals surface area (Å²) in [5.41, 5.74) is 0.792. The van der Waals surface area contributed by atoms with Crippen molar-refractivity contribution in [2.24, 2.45) is 0 Å². The van der Waals surface area contributed by atoms with Crippen molar-refractivity contribution in [3.05, 3.63) is 37.0 Å². The molecule has 8 heavy (non-hydrogen) atoms. The summed E-state index contributed by atoms with van der Waals surface area (Å²) < 4.78 is 0. The Bertz CT molecular complexity index is 112. The lowest BCUT2D eigenvalue weighted by Crippen LogP contribution is -1.82. The smallest absolute Gasteiger partial charge is 0.0681 e. The van der Waals surface area contributed by atoms with Crippen molar-refractivity contribution < 1.29 is 5.11 Å². The molecule has 44 valence electrons. The van der Waals surface area contributed by atoms with Gasteiger partial charge in [0.15, 0.2) is 0 Å². The lowest BCUT2D eigenvalue weighted by atomic mass is 10.2. The summed E-state index contributed by atoms with van der Waals surface area (Å²) in [6.45, 7) is 6.97. The number of hydrogen-bond donors (Lipinski definition) is 1. The average Bonchev–Trinajstić information content (AvgIpc) is 1.83. The summed E-state index contributed by atoms with van der Waals surface area (Å²) in [5.74, 6) is 0. The Morgan fingerprint density at radius 1 is 1.50 bits per heavy atom. The van der Waals surface area contributed by atoms with E-state index in [1.165, 1.54) is 0 Å². The van der Waals surface area contributed by atoms with Gasteiger partial charge in [-0.05, 0) is 5.57 Å². The molecule has 0 unspecified atom stereocenters. The monoisotopic (exact) mass is 110 g/mol. The highest BCUT2D eigenvalue weighted by Crippen LogP contribution is 1.91. The van der Waals surface area contributed by atoms with E-state index in [4.69, 9.17) is 5.11 Å². The van der Waals surface area contributed by atoms with E-state index in [1.54, 1.807) is 18.2 Å². The van der Waals surface area contributed by atoms with Gasteiger partial charge in [-0.2, -0.15) is 0 Å². The van der Waals surface area contributed by atoms with Gasteiger partial charge in [0, 0.05) is 0 Å². The molecule has 0 spiro atoms. The third-order valence-corrected chi connectivity index (χ3v) is 0.777. The molecule has 0 amide bonds. The zero-order valence-corrected chi connectivity index (χ0v) is 4.80. The van der Waals surface area contributed by atoms with Crippen LogP contribution in [0.15, 0.2) is 37.0 Å². The van der Waals surface area contributed by atoms with Gasteiger partial charge in [0.25, 0.3) is 0 Å². The second-order valence-electron chi connectivity index (χ2n) is 1.34. The van der Waals surface area contributed by atoms with Crippen LogP contribution < -0.4 is 0 Å². The third kappa shape index (κ3) is 2.37. The molecule has 0 atom stereocenters. The predicted molar refractivity (Wildman–Crippen MR) is 35.6 cm³/mol. The van der Waals surface area contributed by atoms with Gasteiger partial charge in [-0.15, -0.1) is 0 Å². The Morgan fingerprint density at radius 3 is 2.25 bits per heavy atom. The standard InChI is InChI=1S/C7H10O/c1-3-5-7(4-2)6-8/h3-5,8H,1-2,6H2/b7-5+. The van der Waals surface area contributed by atoms with Gasteiger partial charge >= 0.3 is 0 Å².